The average molecular weight is 336 g/mol. The second kappa shape index (κ2) is 5.94. The van der Waals surface area contributed by atoms with Gasteiger partial charge in [0.15, 0.2) is 11.6 Å². The maximum atomic E-state index is 12.6. The second-order valence-corrected chi connectivity index (χ2v) is 6.00. The highest BCUT2D eigenvalue weighted by molar-refractivity contribution is 6.16. The van der Waals surface area contributed by atoms with Crippen molar-refractivity contribution in [2.75, 3.05) is 10.6 Å². The fourth-order valence-electron chi connectivity index (χ4n) is 2.63. The number of benzene rings is 1. The van der Waals surface area contributed by atoms with Gasteiger partial charge in [-0.25, -0.2) is 0 Å². The highest BCUT2D eigenvalue weighted by atomic mass is 16.3. The van der Waals surface area contributed by atoms with E-state index in [9.17, 15) is 9.59 Å². The number of furan rings is 1. The zero-order valence-corrected chi connectivity index (χ0v) is 13.3. The van der Waals surface area contributed by atoms with E-state index in [4.69, 9.17) is 4.42 Å². The summed E-state index contributed by atoms with van der Waals surface area (Å²) in [6, 6.07) is 14.3. The van der Waals surface area contributed by atoms with E-state index in [1.807, 2.05) is 18.2 Å². The molecule has 1 aromatic carbocycles. The van der Waals surface area contributed by atoms with E-state index in [-0.39, 0.29) is 11.8 Å². The first-order chi connectivity index (χ1) is 12.2. The summed E-state index contributed by atoms with van der Waals surface area (Å²) in [5, 5.41) is 12.3. The van der Waals surface area contributed by atoms with E-state index in [1.165, 1.54) is 0 Å². The summed E-state index contributed by atoms with van der Waals surface area (Å²) in [4.78, 5) is 25.1. The Morgan fingerprint density at radius 2 is 1.80 bits per heavy atom. The van der Waals surface area contributed by atoms with Crippen LogP contribution in [0.1, 0.15) is 12.8 Å². The molecule has 0 atom stereocenters. The third kappa shape index (κ3) is 2.91. The second-order valence-electron chi connectivity index (χ2n) is 6.00. The molecule has 2 aromatic heterocycles. The summed E-state index contributed by atoms with van der Waals surface area (Å²) in [7, 11) is 0. The summed E-state index contributed by atoms with van der Waals surface area (Å²) in [5.41, 5.74) is 0.296. The number of amides is 2. The van der Waals surface area contributed by atoms with Crippen molar-refractivity contribution in [1.29, 1.82) is 0 Å². The lowest BCUT2D eigenvalue weighted by molar-refractivity contribution is -0.131. The van der Waals surface area contributed by atoms with Crippen molar-refractivity contribution in [2.24, 2.45) is 5.41 Å². The Morgan fingerprint density at radius 3 is 2.48 bits per heavy atom. The number of hydrogen-bond donors (Lipinski definition) is 3. The summed E-state index contributed by atoms with van der Waals surface area (Å²) < 4.78 is 5.27. The lowest BCUT2D eigenvalue weighted by Gasteiger charge is -2.14. The van der Waals surface area contributed by atoms with Gasteiger partial charge in [0, 0.05) is 11.8 Å². The van der Waals surface area contributed by atoms with Crippen LogP contribution >= 0.6 is 0 Å². The number of nitrogens with one attached hydrogen (secondary N) is 3. The minimum absolute atomic E-state index is 0.294. The third-order valence-electron chi connectivity index (χ3n) is 4.26. The quantitative estimate of drug-likeness (QED) is 0.624. The van der Waals surface area contributed by atoms with Gasteiger partial charge in [-0.1, -0.05) is 18.2 Å². The Morgan fingerprint density at radius 1 is 1.04 bits per heavy atom. The van der Waals surface area contributed by atoms with Crippen molar-refractivity contribution in [2.45, 2.75) is 12.8 Å². The number of aromatic amines is 1. The van der Waals surface area contributed by atoms with Crippen LogP contribution in [-0.4, -0.2) is 22.0 Å². The Kier molecular flexibility index (Phi) is 3.61. The van der Waals surface area contributed by atoms with Crippen molar-refractivity contribution in [3.8, 4) is 11.5 Å². The van der Waals surface area contributed by atoms with Gasteiger partial charge in [0.25, 0.3) is 0 Å². The van der Waals surface area contributed by atoms with Crippen molar-refractivity contribution in [3.05, 3.63) is 54.8 Å². The molecule has 0 radical (unpaired) electrons. The number of nitrogens with zero attached hydrogens (tertiary/aromatic N) is 1. The Labute approximate surface area is 143 Å². The SMILES string of the molecule is O=C(Nc1ccccc1)C1(C(=O)Nc2cc(-c3ccco3)[nH]n2)CC1. The summed E-state index contributed by atoms with van der Waals surface area (Å²) in [5.74, 6) is 0.336. The van der Waals surface area contributed by atoms with Gasteiger partial charge in [-0.3, -0.25) is 14.7 Å². The van der Waals surface area contributed by atoms with Gasteiger partial charge in [-0.05, 0) is 37.1 Å². The molecule has 0 unspecified atom stereocenters. The molecule has 0 spiro atoms. The molecule has 1 fully saturated rings. The molecule has 0 aliphatic heterocycles. The van der Waals surface area contributed by atoms with E-state index in [1.54, 1.807) is 36.6 Å². The monoisotopic (exact) mass is 336 g/mol. The van der Waals surface area contributed by atoms with E-state index in [2.05, 4.69) is 20.8 Å². The maximum Gasteiger partial charge on any atom is 0.241 e. The molecule has 7 heteroatoms. The smallest absolute Gasteiger partial charge is 0.241 e. The highest BCUT2D eigenvalue weighted by Crippen LogP contribution is 2.47. The number of H-pyrrole nitrogens is 1. The Bertz CT molecular complexity index is 896. The molecule has 3 N–H and O–H groups in total. The molecule has 0 saturated heterocycles. The topological polar surface area (TPSA) is 100 Å². The summed E-state index contributed by atoms with van der Waals surface area (Å²) >= 11 is 0. The molecule has 0 bridgehead atoms. The van der Waals surface area contributed by atoms with Gasteiger partial charge in [0.05, 0.1) is 6.26 Å². The summed E-state index contributed by atoms with van der Waals surface area (Å²) in [6.07, 6.45) is 2.60. The van der Waals surface area contributed by atoms with Gasteiger partial charge in [0.1, 0.15) is 11.1 Å². The van der Waals surface area contributed by atoms with E-state index in [0.29, 0.717) is 35.8 Å². The van der Waals surface area contributed by atoms with E-state index >= 15 is 0 Å². The van der Waals surface area contributed by atoms with Crippen LogP contribution in [0.15, 0.2) is 59.2 Å². The molecule has 1 aliphatic carbocycles. The average Bonchev–Trinajstić information content (AvgIpc) is 3.03. The predicted octanol–water partition coefficient (Wildman–Crippen LogP) is 3.03. The van der Waals surface area contributed by atoms with E-state index in [0.717, 1.165) is 0 Å². The zero-order chi connectivity index (χ0) is 17.3. The standard InChI is InChI=1S/C18H16N4O3/c23-16(19-12-5-2-1-3-6-12)18(8-9-18)17(24)20-15-11-13(21-22-15)14-7-4-10-25-14/h1-7,10-11H,8-9H2,(H,19,23)(H2,20,21,22,24). The number of para-hydroxylation sites is 1. The van der Waals surface area contributed by atoms with Crippen LogP contribution in [0, 0.1) is 5.41 Å². The number of carbonyl (C=O) groups excluding carboxylic acids is 2. The number of aromatic nitrogens is 2. The molecule has 2 heterocycles. The van der Waals surface area contributed by atoms with Gasteiger partial charge >= 0.3 is 0 Å². The number of anilines is 2. The fourth-order valence-corrected chi connectivity index (χ4v) is 2.63. The first-order valence-electron chi connectivity index (χ1n) is 7.95. The summed E-state index contributed by atoms with van der Waals surface area (Å²) in [6.45, 7) is 0. The molecule has 1 saturated carbocycles. The number of hydrogen-bond acceptors (Lipinski definition) is 4. The lowest BCUT2D eigenvalue weighted by Crippen LogP contribution is -2.35. The van der Waals surface area contributed by atoms with Crippen LogP contribution in [-0.2, 0) is 9.59 Å². The Hall–Kier alpha value is -3.35. The predicted molar refractivity (Wildman–Crippen MR) is 91.7 cm³/mol. The van der Waals surface area contributed by atoms with Crippen molar-refractivity contribution < 1.29 is 14.0 Å². The molecule has 126 valence electrons. The molecule has 1 aliphatic rings. The van der Waals surface area contributed by atoms with E-state index < -0.39 is 5.41 Å². The van der Waals surface area contributed by atoms with Crippen LogP contribution in [0.2, 0.25) is 0 Å². The van der Waals surface area contributed by atoms with Gasteiger partial charge in [0.2, 0.25) is 11.8 Å². The molecular weight excluding hydrogens is 320 g/mol. The zero-order valence-electron chi connectivity index (χ0n) is 13.3. The van der Waals surface area contributed by atoms with Crippen LogP contribution in [0.25, 0.3) is 11.5 Å². The van der Waals surface area contributed by atoms with Gasteiger partial charge in [-0.2, -0.15) is 5.10 Å². The van der Waals surface area contributed by atoms with Crippen molar-refractivity contribution in [3.63, 3.8) is 0 Å². The van der Waals surface area contributed by atoms with Crippen molar-refractivity contribution in [1.82, 2.24) is 10.2 Å². The molecular formula is C18H16N4O3. The van der Waals surface area contributed by atoms with Crippen LogP contribution in [0.5, 0.6) is 0 Å². The van der Waals surface area contributed by atoms with Gasteiger partial charge in [-0.15, -0.1) is 0 Å². The van der Waals surface area contributed by atoms with Crippen LogP contribution in [0.4, 0.5) is 11.5 Å². The van der Waals surface area contributed by atoms with Crippen LogP contribution < -0.4 is 10.6 Å². The number of carbonyl (C=O) groups is 2. The molecule has 3 aromatic rings. The first-order valence-corrected chi connectivity index (χ1v) is 7.95. The Balaban J connectivity index is 1.44. The van der Waals surface area contributed by atoms with Gasteiger partial charge < -0.3 is 15.1 Å². The molecule has 2 amide bonds. The maximum absolute atomic E-state index is 12.6. The van der Waals surface area contributed by atoms with Crippen molar-refractivity contribution >= 4 is 23.3 Å². The fraction of sp³-hybridized carbons (Fsp3) is 0.167. The molecule has 25 heavy (non-hydrogen) atoms. The lowest BCUT2D eigenvalue weighted by atomic mass is 10.1. The highest BCUT2D eigenvalue weighted by Gasteiger charge is 2.56. The molecule has 7 nitrogen and oxygen atoms in total. The van der Waals surface area contributed by atoms with Crippen LogP contribution in [0.3, 0.4) is 0 Å². The third-order valence-corrected chi connectivity index (χ3v) is 4.26. The minimum Gasteiger partial charge on any atom is -0.463 e. The first kappa shape index (κ1) is 15.2. The number of rotatable bonds is 5. The minimum atomic E-state index is -1.03. The largest absolute Gasteiger partial charge is 0.463 e. The normalized spacial score (nSPS) is 14.7. The molecule has 4 rings (SSSR count).